The molecule has 3 amide bonds. The molecule has 0 spiro atoms. The van der Waals surface area contributed by atoms with Crippen LogP contribution < -0.4 is 21.7 Å². The van der Waals surface area contributed by atoms with Crippen molar-refractivity contribution in [3.8, 4) is 0 Å². The van der Waals surface area contributed by atoms with Crippen molar-refractivity contribution in [2.24, 2.45) is 0 Å². The molecule has 0 atom stereocenters. The van der Waals surface area contributed by atoms with E-state index in [2.05, 4.69) is 21.7 Å². The van der Waals surface area contributed by atoms with Crippen molar-refractivity contribution in [1.82, 2.24) is 26.0 Å². The summed E-state index contributed by atoms with van der Waals surface area (Å²) in [5.74, 6) is -1.64. The monoisotopic (exact) mass is 409 g/mol. The normalized spacial score (nSPS) is 17.7. The molecule has 0 aliphatic carbocycles. The molecular weight excluding hydrogens is 390 g/mol. The maximum Gasteiger partial charge on any atom is 0.287 e. The maximum absolute atomic E-state index is 12.7. The van der Waals surface area contributed by atoms with Gasteiger partial charge < -0.3 is 4.74 Å². The number of hydrogen-bond donors (Lipinski definition) is 4. The summed E-state index contributed by atoms with van der Waals surface area (Å²) >= 11 is 0. The quantitative estimate of drug-likeness (QED) is 0.437. The largest absolute Gasteiger partial charge is 0.379 e. The molecule has 1 aromatic carbocycles. The molecule has 3 rings (SSSR count). The minimum atomic E-state index is -3.75. The number of carbonyl (C=O) groups excluding carboxylic acids is 3. The van der Waals surface area contributed by atoms with Crippen LogP contribution in [-0.2, 0) is 24.3 Å². The summed E-state index contributed by atoms with van der Waals surface area (Å²) < 4.78 is 31.8. The van der Waals surface area contributed by atoms with Gasteiger partial charge in [-0.15, -0.1) is 0 Å². The van der Waals surface area contributed by atoms with Crippen LogP contribution in [0.1, 0.15) is 16.8 Å². The van der Waals surface area contributed by atoms with Gasteiger partial charge in [0.05, 0.1) is 18.1 Å². The van der Waals surface area contributed by atoms with E-state index in [-0.39, 0.29) is 41.6 Å². The van der Waals surface area contributed by atoms with E-state index < -0.39 is 21.8 Å². The third-order valence-electron chi connectivity index (χ3n) is 4.07. The summed E-state index contributed by atoms with van der Waals surface area (Å²) in [5, 5.41) is 0. The number of ether oxygens (including phenoxy) is 1. The fourth-order valence-corrected chi connectivity index (χ4v) is 4.02. The Morgan fingerprint density at radius 1 is 1.07 bits per heavy atom. The van der Waals surface area contributed by atoms with E-state index in [0.29, 0.717) is 13.2 Å². The van der Waals surface area contributed by atoms with Crippen LogP contribution in [0, 0.1) is 0 Å². The molecule has 0 saturated carbocycles. The molecule has 12 heteroatoms. The highest BCUT2D eigenvalue weighted by molar-refractivity contribution is 7.89. The second kappa shape index (κ2) is 8.37. The minimum absolute atomic E-state index is 0.0206. The fourth-order valence-electron chi connectivity index (χ4n) is 2.57. The highest BCUT2D eigenvalue weighted by Gasteiger charge is 2.27. The Balaban J connectivity index is 1.65. The van der Waals surface area contributed by atoms with E-state index in [1.807, 2.05) is 0 Å². The first-order valence-corrected chi connectivity index (χ1v) is 9.85. The highest BCUT2D eigenvalue weighted by atomic mass is 32.2. The summed E-state index contributed by atoms with van der Waals surface area (Å²) in [6.07, 6.45) is 1.40. The number of nitrogens with zero attached hydrogens (tertiary/aromatic N) is 1. The zero-order valence-corrected chi connectivity index (χ0v) is 15.5. The Morgan fingerprint density at radius 2 is 1.79 bits per heavy atom. The molecule has 4 N–H and O–H groups in total. The molecule has 11 nitrogen and oxygen atoms in total. The molecular formula is C16H19N5O6S. The van der Waals surface area contributed by atoms with Gasteiger partial charge in [0.1, 0.15) is 5.70 Å². The molecule has 2 aliphatic heterocycles. The summed E-state index contributed by atoms with van der Waals surface area (Å²) in [7, 11) is -3.75. The number of sulfonamides is 1. The van der Waals surface area contributed by atoms with Gasteiger partial charge >= 0.3 is 0 Å². The van der Waals surface area contributed by atoms with Crippen molar-refractivity contribution < 1.29 is 27.5 Å². The summed E-state index contributed by atoms with van der Waals surface area (Å²) in [4.78, 5) is 35.2. The summed E-state index contributed by atoms with van der Waals surface area (Å²) in [6.45, 7) is 1.12. The van der Waals surface area contributed by atoms with Gasteiger partial charge in [-0.3, -0.25) is 36.1 Å². The molecule has 0 radical (unpaired) electrons. The molecule has 28 heavy (non-hydrogen) atoms. The number of morpholine rings is 1. The van der Waals surface area contributed by atoms with Gasteiger partial charge in [-0.05, 0) is 24.3 Å². The second-order valence-electron chi connectivity index (χ2n) is 5.95. The Hall–Kier alpha value is -2.96. The van der Waals surface area contributed by atoms with Gasteiger partial charge in [0, 0.05) is 25.1 Å². The van der Waals surface area contributed by atoms with Gasteiger partial charge in [-0.25, -0.2) is 8.42 Å². The topological polar surface area (TPSA) is 146 Å². The SMILES string of the molecule is O=C1CC=C(C(=O)NNC(=O)c2cccc(S(=O)(=O)N3CCOCC3)c2)NN1. The number of hydrogen-bond acceptors (Lipinski definition) is 7. The fraction of sp³-hybridized carbons (Fsp3) is 0.312. The number of nitrogens with one attached hydrogen (secondary N) is 4. The van der Waals surface area contributed by atoms with Crippen molar-refractivity contribution in [3.05, 3.63) is 41.6 Å². The highest BCUT2D eigenvalue weighted by Crippen LogP contribution is 2.18. The number of hydrazine groups is 2. The first-order chi connectivity index (χ1) is 13.4. The Kier molecular flexibility index (Phi) is 5.92. The van der Waals surface area contributed by atoms with Crippen LogP contribution in [0.15, 0.2) is 40.9 Å². The second-order valence-corrected chi connectivity index (χ2v) is 7.89. The van der Waals surface area contributed by atoms with Crippen LogP contribution in [0.4, 0.5) is 0 Å². The van der Waals surface area contributed by atoms with E-state index >= 15 is 0 Å². The van der Waals surface area contributed by atoms with Crippen molar-refractivity contribution in [2.45, 2.75) is 11.3 Å². The first-order valence-electron chi connectivity index (χ1n) is 8.41. The van der Waals surface area contributed by atoms with Gasteiger partial charge in [-0.1, -0.05) is 6.07 Å². The molecule has 2 aliphatic rings. The van der Waals surface area contributed by atoms with Crippen LogP contribution in [0.3, 0.4) is 0 Å². The van der Waals surface area contributed by atoms with Gasteiger partial charge in [0.15, 0.2) is 0 Å². The van der Waals surface area contributed by atoms with E-state index in [1.165, 1.54) is 34.6 Å². The van der Waals surface area contributed by atoms with Crippen molar-refractivity contribution in [2.75, 3.05) is 26.3 Å². The van der Waals surface area contributed by atoms with Gasteiger partial charge in [0.25, 0.3) is 11.8 Å². The molecule has 1 fully saturated rings. The molecule has 2 heterocycles. The average Bonchev–Trinajstić information content (AvgIpc) is 2.73. The van der Waals surface area contributed by atoms with Crippen LogP contribution >= 0.6 is 0 Å². The lowest BCUT2D eigenvalue weighted by molar-refractivity contribution is -0.122. The smallest absolute Gasteiger partial charge is 0.287 e. The van der Waals surface area contributed by atoms with Crippen LogP contribution in [0.25, 0.3) is 0 Å². The molecule has 0 bridgehead atoms. The van der Waals surface area contributed by atoms with Crippen LogP contribution in [-0.4, -0.2) is 56.7 Å². The molecule has 1 saturated heterocycles. The Labute approximate surface area is 161 Å². The lowest BCUT2D eigenvalue weighted by Crippen LogP contribution is -2.49. The van der Waals surface area contributed by atoms with E-state index in [9.17, 15) is 22.8 Å². The van der Waals surface area contributed by atoms with Gasteiger partial charge in [0.2, 0.25) is 15.9 Å². The maximum atomic E-state index is 12.7. The molecule has 1 aromatic rings. The van der Waals surface area contributed by atoms with E-state index in [4.69, 9.17) is 4.74 Å². The predicted octanol–water partition coefficient (Wildman–Crippen LogP) is -1.62. The summed E-state index contributed by atoms with van der Waals surface area (Å²) in [6, 6.07) is 5.52. The zero-order valence-electron chi connectivity index (χ0n) is 14.7. The average molecular weight is 409 g/mol. The van der Waals surface area contributed by atoms with Gasteiger partial charge in [-0.2, -0.15) is 4.31 Å². The third kappa shape index (κ3) is 4.47. The van der Waals surface area contributed by atoms with E-state index in [1.54, 1.807) is 0 Å². The van der Waals surface area contributed by atoms with Crippen molar-refractivity contribution in [3.63, 3.8) is 0 Å². The van der Waals surface area contributed by atoms with Crippen LogP contribution in [0.5, 0.6) is 0 Å². The zero-order chi connectivity index (χ0) is 20.1. The van der Waals surface area contributed by atoms with Crippen molar-refractivity contribution >= 4 is 27.7 Å². The minimum Gasteiger partial charge on any atom is -0.379 e. The Bertz CT molecular complexity index is 923. The lowest BCUT2D eigenvalue weighted by atomic mass is 10.2. The van der Waals surface area contributed by atoms with Crippen molar-refractivity contribution in [1.29, 1.82) is 0 Å². The standard InChI is InChI=1S/C16H19N5O6S/c22-14-5-4-13(17-18-14)16(24)20-19-15(23)11-2-1-3-12(10-11)28(25,26)21-6-8-27-9-7-21/h1-4,10,17H,5-9H2,(H,18,22)(H,19,23)(H,20,24). The molecule has 0 unspecified atom stereocenters. The number of benzene rings is 1. The summed E-state index contributed by atoms with van der Waals surface area (Å²) in [5.41, 5.74) is 9.21. The number of carbonyl (C=O) groups is 3. The van der Waals surface area contributed by atoms with E-state index in [0.717, 1.165) is 0 Å². The number of amides is 3. The molecule has 150 valence electrons. The predicted molar refractivity (Wildman–Crippen MR) is 95.6 cm³/mol. The third-order valence-corrected chi connectivity index (χ3v) is 5.96. The lowest BCUT2D eigenvalue weighted by Gasteiger charge is -2.26. The Morgan fingerprint density at radius 3 is 2.46 bits per heavy atom. The number of rotatable bonds is 4. The van der Waals surface area contributed by atoms with Crippen LogP contribution in [0.2, 0.25) is 0 Å². The molecule has 0 aromatic heterocycles. The first kappa shape index (κ1) is 19.8.